The number of aryl methyl sites for hydroxylation is 1. The molecule has 1 aliphatic heterocycles. The van der Waals surface area contributed by atoms with Crippen LogP contribution < -0.4 is 10.5 Å². The fourth-order valence-electron chi connectivity index (χ4n) is 2.13. The first-order valence-corrected chi connectivity index (χ1v) is 5.81. The van der Waals surface area contributed by atoms with Crippen molar-refractivity contribution in [1.82, 2.24) is 4.90 Å². The van der Waals surface area contributed by atoms with Gasteiger partial charge in [-0.25, -0.2) is 0 Å². The molecule has 2 N–H and O–H groups in total. The molecule has 0 aromatic heterocycles. The van der Waals surface area contributed by atoms with Gasteiger partial charge in [-0.2, -0.15) is 0 Å². The van der Waals surface area contributed by atoms with Gasteiger partial charge in [-0.15, -0.1) is 0 Å². The van der Waals surface area contributed by atoms with Crippen molar-refractivity contribution in [3.63, 3.8) is 0 Å². The van der Waals surface area contributed by atoms with Crippen LogP contribution in [-0.4, -0.2) is 37.0 Å². The van der Waals surface area contributed by atoms with Crippen LogP contribution >= 0.6 is 0 Å². The van der Waals surface area contributed by atoms with Crippen LogP contribution in [0, 0.1) is 6.92 Å². The second-order valence-electron chi connectivity index (χ2n) is 4.50. The zero-order valence-electron chi connectivity index (χ0n) is 10.3. The molecule has 1 fully saturated rings. The SMILES string of the molecule is COc1ccc(C)cc1C(=O)N1CCC(N)C1. The molecule has 1 aliphatic rings. The Morgan fingerprint density at radius 1 is 1.53 bits per heavy atom. The first-order valence-electron chi connectivity index (χ1n) is 5.81. The summed E-state index contributed by atoms with van der Waals surface area (Å²) in [5.74, 6) is 0.638. The Morgan fingerprint density at radius 3 is 2.88 bits per heavy atom. The highest BCUT2D eigenvalue weighted by atomic mass is 16.5. The number of benzene rings is 1. The number of carbonyl (C=O) groups is 1. The van der Waals surface area contributed by atoms with Crippen molar-refractivity contribution in [1.29, 1.82) is 0 Å². The standard InChI is InChI=1S/C13H18N2O2/c1-9-3-4-12(17-2)11(7-9)13(16)15-6-5-10(14)8-15/h3-4,7,10H,5-6,8,14H2,1-2H3. The Hall–Kier alpha value is -1.55. The molecule has 4 nitrogen and oxygen atoms in total. The lowest BCUT2D eigenvalue weighted by Crippen LogP contribution is -2.32. The highest BCUT2D eigenvalue weighted by Crippen LogP contribution is 2.23. The van der Waals surface area contributed by atoms with Crippen LogP contribution in [0.4, 0.5) is 0 Å². The molecule has 4 heteroatoms. The van der Waals surface area contributed by atoms with Crippen LogP contribution in [0.25, 0.3) is 0 Å². The van der Waals surface area contributed by atoms with Gasteiger partial charge in [-0.1, -0.05) is 11.6 Å². The summed E-state index contributed by atoms with van der Waals surface area (Å²) >= 11 is 0. The van der Waals surface area contributed by atoms with Gasteiger partial charge >= 0.3 is 0 Å². The minimum absolute atomic E-state index is 0.0125. The average Bonchev–Trinajstić information content (AvgIpc) is 2.75. The van der Waals surface area contributed by atoms with Gasteiger partial charge in [0.15, 0.2) is 0 Å². The van der Waals surface area contributed by atoms with Gasteiger partial charge < -0.3 is 15.4 Å². The quantitative estimate of drug-likeness (QED) is 0.836. The average molecular weight is 234 g/mol. The zero-order valence-corrected chi connectivity index (χ0v) is 10.3. The van der Waals surface area contributed by atoms with Crippen LogP contribution in [0.1, 0.15) is 22.3 Å². The Bertz CT molecular complexity index is 431. The highest BCUT2D eigenvalue weighted by Gasteiger charge is 2.26. The molecule has 1 aromatic carbocycles. The number of methoxy groups -OCH3 is 1. The van der Waals surface area contributed by atoms with Crippen molar-refractivity contribution >= 4 is 5.91 Å². The smallest absolute Gasteiger partial charge is 0.257 e. The van der Waals surface area contributed by atoms with Gasteiger partial charge in [0.05, 0.1) is 12.7 Å². The molecule has 1 amide bonds. The maximum atomic E-state index is 12.3. The molecule has 1 heterocycles. The van der Waals surface area contributed by atoms with E-state index in [1.807, 2.05) is 25.1 Å². The lowest BCUT2D eigenvalue weighted by molar-refractivity contribution is 0.0787. The van der Waals surface area contributed by atoms with Crippen molar-refractivity contribution in [2.75, 3.05) is 20.2 Å². The fourth-order valence-corrected chi connectivity index (χ4v) is 2.13. The summed E-state index contributed by atoms with van der Waals surface area (Å²) in [5.41, 5.74) is 7.50. The van der Waals surface area contributed by atoms with E-state index in [1.54, 1.807) is 12.0 Å². The molecule has 0 aliphatic carbocycles. The van der Waals surface area contributed by atoms with Crippen molar-refractivity contribution in [3.05, 3.63) is 29.3 Å². The summed E-state index contributed by atoms with van der Waals surface area (Å²) in [6.07, 6.45) is 0.875. The van der Waals surface area contributed by atoms with Gasteiger partial charge in [0.2, 0.25) is 0 Å². The number of carbonyl (C=O) groups excluding carboxylic acids is 1. The predicted octanol–water partition coefficient (Wildman–Crippen LogP) is 1.18. The summed E-state index contributed by atoms with van der Waals surface area (Å²) in [7, 11) is 1.58. The molecule has 1 unspecified atom stereocenters. The number of likely N-dealkylation sites (tertiary alicyclic amines) is 1. The van der Waals surface area contributed by atoms with Gasteiger partial charge in [-0.05, 0) is 25.5 Å². The summed E-state index contributed by atoms with van der Waals surface area (Å²) in [5, 5.41) is 0. The molecule has 1 saturated heterocycles. The summed E-state index contributed by atoms with van der Waals surface area (Å²) in [6.45, 7) is 3.33. The normalized spacial score (nSPS) is 19.5. The van der Waals surface area contributed by atoms with Crippen LogP contribution in [0.3, 0.4) is 0 Å². The third-order valence-electron chi connectivity index (χ3n) is 3.10. The van der Waals surface area contributed by atoms with Crippen LogP contribution in [0.15, 0.2) is 18.2 Å². The van der Waals surface area contributed by atoms with Crippen molar-refractivity contribution in [3.8, 4) is 5.75 Å². The third-order valence-corrected chi connectivity index (χ3v) is 3.10. The molecule has 92 valence electrons. The van der Waals surface area contributed by atoms with E-state index < -0.39 is 0 Å². The second-order valence-corrected chi connectivity index (χ2v) is 4.50. The Kier molecular flexibility index (Phi) is 3.33. The van der Waals surface area contributed by atoms with Crippen LogP contribution in [-0.2, 0) is 0 Å². The number of nitrogens with zero attached hydrogens (tertiary/aromatic N) is 1. The van der Waals surface area contributed by atoms with Gasteiger partial charge in [0.25, 0.3) is 5.91 Å². The van der Waals surface area contributed by atoms with E-state index in [1.165, 1.54) is 0 Å². The van der Waals surface area contributed by atoms with E-state index in [0.29, 0.717) is 17.9 Å². The third kappa shape index (κ3) is 2.42. The highest BCUT2D eigenvalue weighted by molar-refractivity contribution is 5.97. The number of amides is 1. The topological polar surface area (TPSA) is 55.6 Å². The molecule has 0 spiro atoms. The fraction of sp³-hybridized carbons (Fsp3) is 0.462. The largest absolute Gasteiger partial charge is 0.496 e. The molecule has 0 saturated carbocycles. The maximum absolute atomic E-state index is 12.3. The Balaban J connectivity index is 2.26. The number of nitrogens with two attached hydrogens (primary N) is 1. The van der Waals surface area contributed by atoms with E-state index in [4.69, 9.17) is 10.5 Å². The predicted molar refractivity (Wildman–Crippen MR) is 66.2 cm³/mol. The van der Waals surface area contributed by atoms with E-state index in [-0.39, 0.29) is 11.9 Å². The number of hydrogen-bond donors (Lipinski definition) is 1. The molecule has 0 radical (unpaired) electrons. The molecular formula is C13H18N2O2. The number of ether oxygens (including phenoxy) is 1. The number of rotatable bonds is 2. The Morgan fingerprint density at radius 2 is 2.29 bits per heavy atom. The van der Waals surface area contributed by atoms with E-state index in [2.05, 4.69) is 0 Å². The van der Waals surface area contributed by atoms with Crippen molar-refractivity contribution < 1.29 is 9.53 Å². The van der Waals surface area contributed by atoms with Crippen molar-refractivity contribution in [2.24, 2.45) is 5.73 Å². The van der Waals surface area contributed by atoms with E-state index >= 15 is 0 Å². The van der Waals surface area contributed by atoms with E-state index in [0.717, 1.165) is 18.5 Å². The van der Waals surface area contributed by atoms with Gasteiger partial charge in [0.1, 0.15) is 5.75 Å². The lowest BCUT2D eigenvalue weighted by atomic mass is 10.1. The van der Waals surface area contributed by atoms with Gasteiger partial charge in [0, 0.05) is 19.1 Å². The summed E-state index contributed by atoms with van der Waals surface area (Å²) < 4.78 is 5.23. The first kappa shape index (κ1) is 11.9. The van der Waals surface area contributed by atoms with Crippen LogP contribution in [0.5, 0.6) is 5.75 Å². The molecular weight excluding hydrogens is 216 g/mol. The van der Waals surface area contributed by atoms with E-state index in [9.17, 15) is 4.79 Å². The second kappa shape index (κ2) is 4.75. The monoisotopic (exact) mass is 234 g/mol. The minimum Gasteiger partial charge on any atom is -0.496 e. The number of hydrogen-bond acceptors (Lipinski definition) is 3. The molecule has 0 bridgehead atoms. The summed E-state index contributed by atoms with van der Waals surface area (Å²) in [4.78, 5) is 14.1. The molecule has 1 atom stereocenters. The maximum Gasteiger partial charge on any atom is 0.257 e. The minimum atomic E-state index is 0.0125. The van der Waals surface area contributed by atoms with Crippen molar-refractivity contribution in [2.45, 2.75) is 19.4 Å². The Labute approximate surface area is 101 Å². The lowest BCUT2D eigenvalue weighted by Gasteiger charge is -2.17. The summed E-state index contributed by atoms with van der Waals surface area (Å²) in [6, 6.07) is 5.74. The van der Waals surface area contributed by atoms with Gasteiger partial charge in [-0.3, -0.25) is 4.79 Å². The first-order chi connectivity index (χ1) is 8.11. The van der Waals surface area contributed by atoms with Crippen LogP contribution in [0.2, 0.25) is 0 Å². The molecule has 2 rings (SSSR count). The molecule has 1 aromatic rings. The zero-order chi connectivity index (χ0) is 12.4. The molecule has 17 heavy (non-hydrogen) atoms.